The van der Waals surface area contributed by atoms with Crippen LogP contribution in [0.2, 0.25) is 0 Å². The van der Waals surface area contributed by atoms with Crippen molar-refractivity contribution in [3.05, 3.63) is 47.3 Å². The lowest BCUT2D eigenvalue weighted by atomic mass is 10.3. The van der Waals surface area contributed by atoms with Crippen molar-refractivity contribution in [3.63, 3.8) is 0 Å². The highest BCUT2D eigenvalue weighted by Crippen LogP contribution is 2.35. The number of rotatable bonds is 10. The maximum Gasteiger partial charge on any atom is 0.326 e. The SMILES string of the molecule is CCOC(=O)Cn1c(=NC(=O)CCCSc2ccccc2)sc2c(OC)ccc(OC)c21. The first kappa shape index (κ1) is 23.9. The number of nitrogens with zero attached hydrogens (tertiary/aromatic N) is 2. The molecule has 0 saturated heterocycles. The Hall–Kier alpha value is -2.78. The molecule has 0 bridgehead atoms. The first-order valence-corrected chi connectivity index (χ1v) is 12.0. The van der Waals surface area contributed by atoms with E-state index >= 15 is 0 Å². The molecule has 0 aliphatic carbocycles. The molecule has 7 nitrogen and oxygen atoms in total. The quantitative estimate of drug-likeness (QED) is 0.248. The van der Waals surface area contributed by atoms with E-state index in [4.69, 9.17) is 14.2 Å². The van der Waals surface area contributed by atoms with Crippen LogP contribution in [-0.2, 0) is 20.9 Å². The lowest BCUT2D eigenvalue weighted by molar-refractivity contribution is -0.143. The Morgan fingerprint density at radius 3 is 2.47 bits per heavy atom. The number of carbonyl (C=O) groups is 2. The molecule has 0 radical (unpaired) electrons. The summed E-state index contributed by atoms with van der Waals surface area (Å²) in [4.78, 5) is 30.8. The van der Waals surface area contributed by atoms with Gasteiger partial charge in [-0.2, -0.15) is 4.99 Å². The zero-order chi connectivity index (χ0) is 22.9. The second-order valence-corrected chi connectivity index (χ2v) is 8.84. The average molecular weight is 475 g/mol. The predicted octanol–water partition coefficient (Wildman–Crippen LogP) is 4.28. The van der Waals surface area contributed by atoms with E-state index < -0.39 is 5.97 Å². The van der Waals surface area contributed by atoms with Crippen molar-refractivity contribution in [2.24, 2.45) is 4.99 Å². The van der Waals surface area contributed by atoms with Gasteiger partial charge in [-0.25, -0.2) is 0 Å². The topological polar surface area (TPSA) is 79.1 Å². The van der Waals surface area contributed by atoms with Gasteiger partial charge in [0, 0.05) is 11.3 Å². The van der Waals surface area contributed by atoms with Crippen LogP contribution in [0.5, 0.6) is 11.5 Å². The third-order valence-electron chi connectivity index (χ3n) is 4.55. The molecule has 3 aromatic rings. The van der Waals surface area contributed by atoms with Crippen molar-refractivity contribution < 1.29 is 23.8 Å². The number of hydrogen-bond acceptors (Lipinski definition) is 7. The van der Waals surface area contributed by atoms with Gasteiger partial charge in [0.05, 0.1) is 20.8 Å². The molecule has 0 spiro atoms. The van der Waals surface area contributed by atoms with E-state index in [1.807, 2.05) is 30.3 Å². The Morgan fingerprint density at radius 1 is 1.06 bits per heavy atom. The number of fused-ring (bicyclic) bond motifs is 1. The zero-order valence-electron chi connectivity index (χ0n) is 18.3. The van der Waals surface area contributed by atoms with Crippen molar-refractivity contribution in [2.75, 3.05) is 26.6 Å². The molecule has 170 valence electrons. The highest BCUT2D eigenvalue weighted by molar-refractivity contribution is 7.99. The van der Waals surface area contributed by atoms with Gasteiger partial charge in [-0.1, -0.05) is 29.5 Å². The van der Waals surface area contributed by atoms with Crippen molar-refractivity contribution in [2.45, 2.75) is 31.2 Å². The van der Waals surface area contributed by atoms with Crippen LogP contribution in [0.3, 0.4) is 0 Å². The highest BCUT2D eigenvalue weighted by atomic mass is 32.2. The summed E-state index contributed by atoms with van der Waals surface area (Å²) >= 11 is 3.00. The van der Waals surface area contributed by atoms with Crippen molar-refractivity contribution in [1.29, 1.82) is 0 Å². The molecule has 0 aliphatic heterocycles. The largest absolute Gasteiger partial charge is 0.495 e. The monoisotopic (exact) mass is 474 g/mol. The van der Waals surface area contributed by atoms with E-state index in [1.54, 1.807) is 49.6 Å². The molecule has 0 saturated carbocycles. The summed E-state index contributed by atoms with van der Waals surface area (Å²) in [5.74, 6) is 1.36. The van der Waals surface area contributed by atoms with E-state index in [0.29, 0.717) is 34.7 Å². The number of carbonyl (C=O) groups excluding carboxylic acids is 2. The number of benzene rings is 2. The molecule has 2 aromatic carbocycles. The van der Waals surface area contributed by atoms with E-state index in [-0.39, 0.29) is 19.1 Å². The molecule has 1 aromatic heterocycles. The molecular weight excluding hydrogens is 448 g/mol. The number of thioether (sulfide) groups is 1. The number of aromatic nitrogens is 1. The Balaban J connectivity index is 1.86. The molecule has 3 rings (SSSR count). The fraction of sp³-hybridized carbons (Fsp3) is 0.348. The van der Waals surface area contributed by atoms with E-state index in [1.165, 1.54) is 16.2 Å². The smallest absolute Gasteiger partial charge is 0.326 e. The molecule has 0 atom stereocenters. The van der Waals surface area contributed by atoms with Gasteiger partial charge in [-0.3, -0.25) is 9.59 Å². The van der Waals surface area contributed by atoms with Gasteiger partial charge >= 0.3 is 5.97 Å². The number of amides is 1. The lowest BCUT2D eigenvalue weighted by Crippen LogP contribution is -2.23. The van der Waals surface area contributed by atoms with E-state index in [9.17, 15) is 9.59 Å². The van der Waals surface area contributed by atoms with Crippen LogP contribution in [-0.4, -0.2) is 43.0 Å². The van der Waals surface area contributed by atoms with Gasteiger partial charge in [-0.05, 0) is 43.4 Å². The Labute approximate surface area is 195 Å². The summed E-state index contributed by atoms with van der Waals surface area (Å²) in [7, 11) is 3.13. The molecule has 32 heavy (non-hydrogen) atoms. The van der Waals surface area contributed by atoms with Crippen LogP contribution in [0.25, 0.3) is 10.2 Å². The third-order valence-corrected chi connectivity index (χ3v) is 6.74. The number of esters is 1. The number of hydrogen-bond donors (Lipinski definition) is 0. The van der Waals surface area contributed by atoms with Gasteiger partial charge in [0.15, 0.2) is 4.80 Å². The fourth-order valence-electron chi connectivity index (χ4n) is 3.11. The van der Waals surface area contributed by atoms with Crippen LogP contribution in [0.1, 0.15) is 19.8 Å². The standard InChI is InChI=1S/C23H26N2O5S2/c1-4-30-20(27)15-25-21-17(28-2)12-13-18(29-3)22(21)32-23(25)24-19(26)11-8-14-31-16-9-6-5-7-10-16/h5-7,9-10,12-13H,4,8,11,14-15H2,1-3H3. The number of ether oxygens (including phenoxy) is 3. The van der Waals surface area contributed by atoms with Crippen LogP contribution in [0, 0.1) is 0 Å². The minimum atomic E-state index is -0.412. The lowest BCUT2D eigenvalue weighted by Gasteiger charge is -2.09. The van der Waals surface area contributed by atoms with Gasteiger partial charge in [0.25, 0.3) is 0 Å². The van der Waals surface area contributed by atoms with Crippen molar-refractivity contribution in [3.8, 4) is 11.5 Å². The summed E-state index contributed by atoms with van der Waals surface area (Å²) in [6.45, 7) is 1.94. The highest BCUT2D eigenvalue weighted by Gasteiger charge is 2.18. The van der Waals surface area contributed by atoms with Crippen LogP contribution < -0.4 is 14.3 Å². The van der Waals surface area contributed by atoms with Crippen LogP contribution in [0.4, 0.5) is 0 Å². The molecule has 9 heteroatoms. The number of methoxy groups -OCH3 is 2. The molecule has 0 unspecified atom stereocenters. The average Bonchev–Trinajstić information content (AvgIpc) is 3.14. The Kier molecular flexibility index (Phi) is 8.75. The fourth-order valence-corrected chi connectivity index (χ4v) is 5.14. The summed E-state index contributed by atoms with van der Waals surface area (Å²) in [5, 5.41) is 0. The van der Waals surface area contributed by atoms with Gasteiger partial charge in [0.2, 0.25) is 5.91 Å². The Bertz CT molecular complexity index is 1140. The van der Waals surface area contributed by atoms with Crippen LogP contribution >= 0.6 is 23.1 Å². The summed E-state index contributed by atoms with van der Waals surface area (Å²) < 4.78 is 18.5. The molecule has 1 amide bonds. The van der Waals surface area contributed by atoms with E-state index in [0.717, 1.165) is 10.5 Å². The minimum Gasteiger partial charge on any atom is -0.495 e. The predicted molar refractivity (Wildman–Crippen MR) is 127 cm³/mol. The summed E-state index contributed by atoms with van der Waals surface area (Å²) in [6.07, 6.45) is 1.03. The second kappa shape index (κ2) is 11.7. The minimum absolute atomic E-state index is 0.0761. The zero-order valence-corrected chi connectivity index (χ0v) is 20.0. The molecule has 0 aliphatic rings. The molecule has 0 N–H and O–H groups in total. The maximum atomic E-state index is 12.6. The van der Waals surface area contributed by atoms with Gasteiger partial charge < -0.3 is 18.8 Å². The summed E-state index contributed by atoms with van der Waals surface area (Å²) in [5.41, 5.74) is 0.649. The first-order valence-electron chi connectivity index (χ1n) is 10.2. The van der Waals surface area contributed by atoms with Crippen LogP contribution in [0.15, 0.2) is 52.4 Å². The van der Waals surface area contributed by atoms with Crippen molar-refractivity contribution >= 4 is 45.2 Å². The number of thiazole rings is 1. The third kappa shape index (κ3) is 5.92. The first-order chi connectivity index (χ1) is 15.6. The molecule has 1 heterocycles. The van der Waals surface area contributed by atoms with E-state index in [2.05, 4.69) is 4.99 Å². The Morgan fingerprint density at radius 2 is 1.78 bits per heavy atom. The molecule has 0 fully saturated rings. The van der Waals surface area contributed by atoms with Gasteiger partial charge in [0.1, 0.15) is 28.3 Å². The normalized spacial score (nSPS) is 11.5. The maximum absolute atomic E-state index is 12.6. The van der Waals surface area contributed by atoms with Crippen molar-refractivity contribution in [1.82, 2.24) is 4.57 Å². The summed E-state index contributed by atoms with van der Waals surface area (Å²) in [6, 6.07) is 13.6. The second-order valence-electron chi connectivity index (χ2n) is 6.69. The van der Waals surface area contributed by atoms with Gasteiger partial charge in [-0.15, -0.1) is 11.8 Å². The molecular formula is C23H26N2O5S2.